The Morgan fingerprint density at radius 3 is 2.35 bits per heavy atom. The fraction of sp³-hybridized carbons (Fsp3) is 0.471. The molecule has 0 unspecified atom stereocenters. The Labute approximate surface area is 272 Å². The second kappa shape index (κ2) is 15.0. The van der Waals surface area contributed by atoms with E-state index in [2.05, 4.69) is 45.8 Å². The highest BCUT2D eigenvalue weighted by Crippen LogP contribution is 2.31. The molecule has 1 aliphatic carbocycles. The summed E-state index contributed by atoms with van der Waals surface area (Å²) < 4.78 is 40.6. The van der Waals surface area contributed by atoms with Crippen LogP contribution in [0.4, 0.5) is 10.7 Å². The van der Waals surface area contributed by atoms with E-state index in [-0.39, 0.29) is 46.5 Å². The van der Waals surface area contributed by atoms with E-state index in [0.29, 0.717) is 24.5 Å². The van der Waals surface area contributed by atoms with Crippen LogP contribution in [0.25, 0.3) is 11.3 Å². The Kier molecular flexibility index (Phi) is 11.4. The molecule has 0 saturated heterocycles. The van der Waals surface area contributed by atoms with Gasteiger partial charge < -0.3 is 14.8 Å². The fourth-order valence-corrected chi connectivity index (χ4v) is 6.65. The zero-order valence-electron chi connectivity index (χ0n) is 27.6. The highest BCUT2D eigenvalue weighted by Gasteiger charge is 2.36. The van der Waals surface area contributed by atoms with Gasteiger partial charge in [-0.1, -0.05) is 44.2 Å². The van der Waals surface area contributed by atoms with Crippen LogP contribution in [0, 0.1) is 19.8 Å². The standard InChI is InChI=1S/C34H45N5O6S/c1-21(2)14-28(39(7)27-16-26(17-27)35-34(41)45-22(3)4)20-44-31-18-30(32-23(5)10-8-11-24(32)6)36-33(37-31)38-46(42,43)29-13-9-12-25(15-29)19-40/h8-13,15,18-19,21-22,26-28H,14,16-17,20H2,1-7H3,(H,35,41)(H,36,37,38)/t26?,27?,28-/m1/s1. The third-order valence-corrected chi connectivity index (χ3v) is 9.39. The van der Waals surface area contributed by atoms with Crippen LogP contribution >= 0.6 is 0 Å². The Bertz CT molecular complexity index is 1620. The molecule has 1 aromatic heterocycles. The molecule has 46 heavy (non-hydrogen) atoms. The second-order valence-electron chi connectivity index (χ2n) is 12.7. The van der Waals surface area contributed by atoms with Gasteiger partial charge in [-0.15, -0.1) is 0 Å². The average molecular weight is 652 g/mol. The van der Waals surface area contributed by atoms with Gasteiger partial charge >= 0.3 is 6.09 Å². The second-order valence-corrected chi connectivity index (χ2v) is 14.3. The summed E-state index contributed by atoms with van der Waals surface area (Å²) in [5, 5.41) is 2.93. The number of carbonyl (C=O) groups excluding carboxylic acids is 2. The summed E-state index contributed by atoms with van der Waals surface area (Å²) in [7, 11) is -2.04. The first kappa shape index (κ1) is 34.8. The van der Waals surface area contributed by atoms with Crippen LogP contribution in [0.15, 0.2) is 53.4 Å². The van der Waals surface area contributed by atoms with Crippen molar-refractivity contribution >= 4 is 28.4 Å². The highest BCUT2D eigenvalue weighted by molar-refractivity contribution is 7.92. The Morgan fingerprint density at radius 2 is 1.72 bits per heavy atom. The summed E-state index contributed by atoms with van der Waals surface area (Å²) in [5.74, 6) is 0.492. The van der Waals surface area contributed by atoms with Gasteiger partial charge in [0.1, 0.15) is 12.9 Å². The van der Waals surface area contributed by atoms with Gasteiger partial charge in [-0.2, -0.15) is 4.98 Å². The summed E-state index contributed by atoms with van der Waals surface area (Å²) in [6.07, 6.45) is 2.50. The predicted octanol–water partition coefficient (Wildman–Crippen LogP) is 5.76. The van der Waals surface area contributed by atoms with Crippen molar-refractivity contribution in [2.75, 3.05) is 18.4 Å². The molecule has 0 spiro atoms. The smallest absolute Gasteiger partial charge is 0.407 e. The third-order valence-electron chi connectivity index (χ3n) is 8.07. The van der Waals surface area contributed by atoms with E-state index in [0.717, 1.165) is 36.0 Å². The number of sulfonamides is 1. The minimum Gasteiger partial charge on any atom is -0.476 e. The van der Waals surface area contributed by atoms with Gasteiger partial charge in [0.15, 0.2) is 0 Å². The summed E-state index contributed by atoms with van der Waals surface area (Å²) in [6.45, 7) is 12.2. The molecule has 1 saturated carbocycles. The third kappa shape index (κ3) is 9.03. The van der Waals surface area contributed by atoms with Crippen molar-refractivity contribution in [2.24, 2.45) is 5.92 Å². The average Bonchev–Trinajstić information content (AvgIpc) is 2.95. The number of hydrogen-bond donors (Lipinski definition) is 2. The van der Waals surface area contributed by atoms with Gasteiger partial charge in [0.2, 0.25) is 11.8 Å². The van der Waals surface area contributed by atoms with Gasteiger partial charge in [0.05, 0.1) is 16.7 Å². The first-order valence-electron chi connectivity index (χ1n) is 15.6. The lowest BCUT2D eigenvalue weighted by Gasteiger charge is -2.44. The van der Waals surface area contributed by atoms with E-state index in [1.165, 1.54) is 24.3 Å². The Morgan fingerprint density at radius 1 is 1.04 bits per heavy atom. The zero-order valence-corrected chi connectivity index (χ0v) is 28.4. The van der Waals surface area contributed by atoms with Crippen molar-refractivity contribution in [3.05, 3.63) is 65.2 Å². The Hall–Kier alpha value is -4.03. The maximum Gasteiger partial charge on any atom is 0.407 e. The van der Waals surface area contributed by atoms with Gasteiger partial charge in [-0.25, -0.2) is 22.9 Å². The topological polar surface area (TPSA) is 140 Å². The normalized spacial score (nSPS) is 17.0. The van der Waals surface area contributed by atoms with E-state index < -0.39 is 16.1 Å². The van der Waals surface area contributed by atoms with Crippen LogP contribution in [-0.2, 0) is 14.8 Å². The van der Waals surface area contributed by atoms with Gasteiger partial charge in [-0.3, -0.25) is 9.69 Å². The number of carbonyl (C=O) groups is 2. The summed E-state index contributed by atoms with van der Waals surface area (Å²) in [4.78, 5) is 34.6. The molecule has 2 aromatic carbocycles. The van der Waals surface area contributed by atoms with E-state index in [1.807, 2.05) is 45.9 Å². The number of hydrogen-bond acceptors (Lipinski definition) is 9. The molecular formula is C34H45N5O6S. The first-order chi connectivity index (χ1) is 21.7. The molecule has 1 heterocycles. The number of nitrogens with zero attached hydrogens (tertiary/aromatic N) is 3. The number of alkyl carbamates (subject to hydrolysis) is 1. The number of benzene rings is 2. The monoisotopic (exact) mass is 651 g/mol. The van der Waals surface area contributed by atoms with E-state index in [4.69, 9.17) is 9.47 Å². The van der Waals surface area contributed by atoms with Crippen molar-refractivity contribution in [1.29, 1.82) is 0 Å². The van der Waals surface area contributed by atoms with Gasteiger partial charge in [0.25, 0.3) is 10.0 Å². The summed E-state index contributed by atoms with van der Waals surface area (Å²) in [5.41, 5.74) is 3.56. The largest absolute Gasteiger partial charge is 0.476 e. The molecule has 12 heteroatoms. The zero-order chi connectivity index (χ0) is 33.6. The van der Waals surface area contributed by atoms with E-state index >= 15 is 0 Å². The molecule has 0 radical (unpaired) electrons. The molecule has 11 nitrogen and oxygen atoms in total. The lowest BCUT2D eigenvalue weighted by molar-refractivity contribution is 0.0433. The van der Waals surface area contributed by atoms with Crippen LogP contribution in [0.3, 0.4) is 0 Å². The lowest BCUT2D eigenvalue weighted by Crippen LogP contribution is -2.56. The number of likely N-dealkylation sites (N-methyl/N-ethyl adjacent to an activating group) is 1. The number of aromatic nitrogens is 2. The molecule has 4 rings (SSSR count). The molecule has 1 amide bonds. The maximum absolute atomic E-state index is 13.3. The van der Waals surface area contributed by atoms with Crippen molar-refractivity contribution in [2.45, 2.75) is 89.9 Å². The van der Waals surface area contributed by atoms with Crippen molar-refractivity contribution in [1.82, 2.24) is 20.2 Å². The molecule has 1 atom stereocenters. The molecule has 1 aliphatic rings. The summed E-state index contributed by atoms with van der Waals surface area (Å²) >= 11 is 0. The number of ether oxygens (including phenoxy) is 2. The van der Waals surface area contributed by atoms with Crippen LogP contribution in [0.2, 0.25) is 0 Å². The van der Waals surface area contributed by atoms with Crippen LogP contribution in [0.1, 0.15) is 68.4 Å². The number of aryl methyl sites for hydroxylation is 2. The lowest BCUT2D eigenvalue weighted by atomic mass is 9.84. The first-order valence-corrected chi connectivity index (χ1v) is 17.1. The number of nitrogens with one attached hydrogen (secondary N) is 2. The number of amides is 1. The SMILES string of the molecule is Cc1cccc(C)c1-c1cc(OC[C@@H](CC(C)C)N(C)C2CC(NC(=O)OC(C)C)C2)nc(NS(=O)(=O)c2cccc(C=O)c2)n1. The Balaban J connectivity index is 1.57. The molecule has 1 fully saturated rings. The fourth-order valence-electron chi connectivity index (χ4n) is 5.65. The highest BCUT2D eigenvalue weighted by atomic mass is 32.2. The molecule has 0 bridgehead atoms. The van der Waals surface area contributed by atoms with E-state index in [9.17, 15) is 18.0 Å². The van der Waals surface area contributed by atoms with Crippen molar-refractivity contribution in [3.8, 4) is 17.1 Å². The minimum absolute atomic E-state index is 0.0402. The molecule has 0 aliphatic heterocycles. The molecule has 3 aromatic rings. The molecular weight excluding hydrogens is 606 g/mol. The van der Waals surface area contributed by atoms with Gasteiger partial charge in [0, 0.05) is 35.3 Å². The van der Waals surface area contributed by atoms with Crippen molar-refractivity contribution < 1.29 is 27.5 Å². The number of aldehydes is 1. The van der Waals surface area contributed by atoms with E-state index in [1.54, 1.807) is 6.07 Å². The number of rotatable bonds is 14. The number of anilines is 1. The maximum atomic E-state index is 13.3. The van der Waals surface area contributed by atoms with Crippen LogP contribution in [0.5, 0.6) is 5.88 Å². The van der Waals surface area contributed by atoms with Crippen LogP contribution in [-0.4, -0.2) is 73.5 Å². The molecule has 2 N–H and O–H groups in total. The quantitative estimate of drug-likeness (QED) is 0.208. The minimum atomic E-state index is -4.11. The van der Waals surface area contributed by atoms with Crippen molar-refractivity contribution in [3.63, 3.8) is 0 Å². The predicted molar refractivity (Wildman–Crippen MR) is 178 cm³/mol. The van der Waals surface area contributed by atoms with Gasteiger partial charge in [-0.05, 0) is 83.2 Å². The van der Waals surface area contributed by atoms with Crippen LogP contribution < -0.4 is 14.8 Å². The summed E-state index contributed by atoms with van der Waals surface area (Å²) in [6, 6.07) is 13.7. The molecule has 248 valence electrons.